The summed E-state index contributed by atoms with van der Waals surface area (Å²) in [5, 5.41) is 2.54. The van der Waals surface area contributed by atoms with E-state index in [4.69, 9.17) is 0 Å². The molecule has 9 heteroatoms. The topological polar surface area (TPSA) is 66.5 Å². The van der Waals surface area contributed by atoms with Crippen LogP contribution in [0, 0.1) is 11.6 Å². The van der Waals surface area contributed by atoms with Crippen LogP contribution >= 0.6 is 15.9 Å². The molecule has 1 amide bonds. The molecular formula is C17H17BrF2N2O3S. The second kappa shape index (κ2) is 8.70. The smallest absolute Gasteiger partial charge is 0.243 e. The fraction of sp³-hybridized carbons (Fsp3) is 0.235. The van der Waals surface area contributed by atoms with Crippen LogP contribution in [-0.4, -0.2) is 38.8 Å². The molecular weight excluding hydrogens is 430 g/mol. The first-order valence-electron chi connectivity index (χ1n) is 7.62. The zero-order valence-electron chi connectivity index (χ0n) is 13.9. The minimum Gasteiger partial charge on any atom is -0.355 e. The molecule has 0 unspecified atom stereocenters. The summed E-state index contributed by atoms with van der Waals surface area (Å²) in [4.78, 5) is 12.0. The van der Waals surface area contributed by atoms with Crippen LogP contribution in [0.4, 0.5) is 8.78 Å². The van der Waals surface area contributed by atoms with Crippen molar-refractivity contribution in [2.24, 2.45) is 0 Å². The summed E-state index contributed by atoms with van der Waals surface area (Å²) < 4.78 is 52.7. The number of halogens is 3. The molecule has 0 aliphatic heterocycles. The van der Waals surface area contributed by atoms with E-state index in [1.807, 2.05) is 0 Å². The second-order valence-electron chi connectivity index (χ2n) is 5.59. The minimum absolute atomic E-state index is 0.0752. The Morgan fingerprint density at radius 3 is 2.27 bits per heavy atom. The highest BCUT2D eigenvalue weighted by atomic mass is 79.9. The average molecular weight is 447 g/mol. The second-order valence-corrected chi connectivity index (χ2v) is 8.55. The first kappa shape index (κ1) is 20.5. The van der Waals surface area contributed by atoms with Gasteiger partial charge in [0.15, 0.2) is 0 Å². The normalized spacial score (nSPS) is 11.6. The molecule has 0 fully saturated rings. The van der Waals surface area contributed by atoms with Gasteiger partial charge in [-0.05, 0) is 48.4 Å². The highest BCUT2D eigenvalue weighted by molar-refractivity contribution is 9.10. The number of sulfonamides is 1. The van der Waals surface area contributed by atoms with E-state index >= 15 is 0 Å². The van der Waals surface area contributed by atoms with E-state index in [9.17, 15) is 22.0 Å². The Balaban J connectivity index is 1.89. The van der Waals surface area contributed by atoms with Crippen molar-refractivity contribution in [2.45, 2.75) is 11.3 Å². The number of carbonyl (C=O) groups is 1. The lowest BCUT2D eigenvalue weighted by Gasteiger charge is -2.17. The van der Waals surface area contributed by atoms with Crippen LogP contribution in [0.15, 0.2) is 51.8 Å². The fourth-order valence-electron chi connectivity index (χ4n) is 2.23. The van der Waals surface area contributed by atoms with E-state index in [0.717, 1.165) is 14.8 Å². The Morgan fingerprint density at radius 2 is 1.69 bits per heavy atom. The first-order valence-corrected chi connectivity index (χ1v) is 9.85. The zero-order chi connectivity index (χ0) is 19.3. The van der Waals surface area contributed by atoms with Gasteiger partial charge in [0.25, 0.3) is 0 Å². The Hall–Kier alpha value is -1.84. The summed E-state index contributed by atoms with van der Waals surface area (Å²) in [5.41, 5.74) is 0.402. The molecule has 0 atom stereocenters. The third-order valence-corrected chi connectivity index (χ3v) is 5.89. The van der Waals surface area contributed by atoms with E-state index in [2.05, 4.69) is 21.2 Å². The van der Waals surface area contributed by atoms with Crippen LogP contribution in [0.5, 0.6) is 0 Å². The maximum Gasteiger partial charge on any atom is 0.243 e. The molecule has 1 N–H and O–H groups in total. The molecule has 0 aromatic heterocycles. The summed E-state index contributed by atoms with van der Waals surface area (Å²) >= 11 is 3.23. The summed E-state index contributed by atoms with van der Waals surface area (Å²) in [5.74, 6) is -1.89. The Morgan fingerprint density at radius 1 is 1.12 bits per heavy atom. The molecule has 5 nitrogen and oxygen atoms in total. The van der Waals surface area contributed by atoms with E-state index < -0.39 is 27.6 Å². The predicted octanol–water partition coefficient (Wildman–Crippen LogP) is 2.71. The van der Waals surface area contributed by atoms with Gasteiger partial charge in [0.2, 0.25) is 15.9 Å². The van der Waals surface area contributed by atoms with Crippen molar-refractivity contribution in [1.29, 1.82) is 0 Å². The number of nitrogens with zero attached hydrogens (tertiary/aromatic N) is 1. The molecule has 0 saturated heterocycles. The van der Waals surface area contributed by atoms with Crippen LogP contribution in [0.1, 0.15) is 5.56 Å². The van der Waals surface area contributed by atoms with Gasteiger partial charge in [-0.3, -0.25) is 4.79 Å². The molecule has 0 aliphatic carbocycles. The van der Waals surface area contributed by atoms with Crippen LogP contribution in [0.3, 0.4) is 0 Å². The van der Waals surface area contributed by atoms with Crippen LogP contribution in [0.25, 0.3) is 0 Å². The standard InChI is InChI=1S/C17H17BrF2N2O3S/c1-22(26(24,25)16-4-2-13(18)3-5-16)11-17(23)21-7-6-12-8-14(19)10-15(20)9-12/h2-5,8-10H,6-7,11H2,1H3,(H,21,23). The van der Waals surface area contributed by atoms with Gasteiger partial charge in [0.1, 0.15) is 11.6 Å². The maximum absolute atomic E-state index is 13.1. The summed E-state index contributed by atoms with van der Waals surface area (Å²) in [6.07, 6.45) is 0.226. The zero-order valence-corrected chi connectivity index (χ0v) is 16.3. The van der Waals surface area contributed by atoms with Crippen molar-refractivity contribution in [3.63, 3.8) is 0 Å². The highest BCUT2D eigenvalue weighted by Crippen LogP contribution is 2.17. The molecule has 0 aliphatic rings. The third kappa shape index (κ3) is 5.58. The van der Waals surface area contributed by atoms with E-state index in [0.29, 0.717) is 5.56 Å². The third-order valence-electron chi connectivity index (χ3n) is 3.55. The molecule has 2 aromatic carbocycles. The average Bonchev–Trinajstić information content (AvgIpc) is 2.54. The Bertz CT molecular complexity index is 869. The number of benzene rings is 2. The lowest BCUT2D eigenvalue weighted by molar-refractivity contribution is -0.121. The van der Waals surface area contributed by atoms with Gasteiger partial charge in [-0.2, -0.15) is 4.31 Å². The molecule has 0 bridgehead atoms. The van der Waals surface area contributed by atoms with Crippen molar-refractivity contribution in [3.05, 3.63) is 64.1 Å². The van der Waals surface area contributed by atoms with Gasteiger partial charge in [-0.1, -0.05) is 15.9 Å². The van der Waals surface area contributed by atoms with Crippen LogP contribution in [-0.2, 0) is 21.2 Å². The van der Waals surface area contributed by atoms with Crippen LogP contribution in [0.2, 0.25) is 0 Å². The number of amides is 1. The first-order chi connectivity index (χ1) is 12.2. The fourth-order valence-corrected chi connectivity index (χ4v) is 3.62. The quantitative estimate of drug-likeness (QED) is 0.710. The largest absolute Gasteiger partial charge is 0.355 e. The van der Waals surface area contributed by atoms with E-state index in [1.165, 1.54) is 31.3 Å². The van der Waals surface area contributed by atoms with Crippen molar-refractivity contribution >= 4 is 31.9 Å². The molecule has 2 aromatic rings. The summed E-state index contributed by atoms with van der Waals surface area (Å²) in [6, 6.07) is 9.19. The van der Waals surface area contributed by atoms with Gasteiger partial charge >= 0.3 is 0 Å². The molecule has 140 valence electrons. The highest BCUT2D eigenvalue weighted by Gasteiger charge is 2.22. The van der Waals surface area contributed by atoms with Gasteiger partial charge in [-0.15, -0.1) is 0 Å². The molecule has 0 spiro atoms. The maximum atomic E-state index is 13.1. The van der Waals surface area contributed by atoms with Gasteiger partial charge < -0.3 is 5.32 Å². The molecule has 2 rings (SSSR count). The molecule has 0 radical (unpaired) electrons. The monoisotopic (exact) mass is 446 g/mol. The van der Waals surface area contributed by atoms with Crippen molar-refractivity contribution in [3.8, 4) is 0 Å². The lowest BCUT2D eigenvalue weighted by atomic mass is 10.1. The number of likely N-dealkylation sites (N-methyl/N-ethyl adjacent to an activating group) is 1. The van der Waals surface area contributed by atoms with Gasteiger partial charge in [0.05, 0.1) is 11.4 Å². The summed E-state index contributed by atoms with van der Waals surface area (Å²) in [6.45, 7) is -0.232. The van der Waals surface area contributed by atoms with E-state index in [1.54, 1.807) is 12.1 Å². The SMILES string of the molecule is CN(CC(=O)NCCc1cc(F)cc(F)c1)S(=O)(=O)c1ccc(Br)cc1. The lowest BCUT2D eigenvalue weighted by Crippen LogP contribution is -2.39. The van der Waals surface area contributed by atoms with Crippen molar-refractivity contribution in [2.75, 3.05) is 20.1 Å². The van der Waals surface area contributed by atoms with E-state index in [-0.39, 0.29) is 24.4 Å². The number of nitrogens with one attached hydrogen (secondary N) is 1. The molecule has 26 heavy (non-hydrogen) atoms. The number of carbonyl (C=O) groups excluding carboxylic acids is 1. The van der Waals surface area contributed by atoms with Crippen LogP contribution < -0.4 is 5.32 Å². The minimum atomic E-state index is -3.79. The summed E-state index contributed by atoms with van der Waals surface area (Å²) in [7, 11) is -2.48. The van der Waals surface area contributed by atoms with Crippen molar-refractivity contribution in [1.82, 2.24) is 9.62 Å². The molecule has 0 saturated carbocycles. The number of hydrogen-bond donors (Lipinski definition) is 1. The van der Waals surface area contributed by atoms with Gasteiger partial charge in [-0.25, -0.2) is 17.2 Å². The Kier molecular flexibility index (Phi) is 6.85. The number of hydrogen-bond acceptors (Lipinski definition) is 3. The number of rotatable bonds is 7. The van der Waals surface area contributed by atoms with Crippen molar-refractivity contribution < 1.29 is 22.0 Å². The van der Waals surface area contributed by atoms with Gasteiger partial charge in [0, 0.05) is 24.1 Å². The predicted molar refractivity (Wildman–Crippen MR) is 97.0 cm³/mol. The Labute approximate surface area is 159 Å². The molecule has 0 heterocycles.